The minimum Gasteiger partial charge on any atom is -0.508 e. The molecule has 4 N–H and O–H groups in total. The van der Waals surface area contributed by atoms with Gasteiger partial charge in [0, 0.05) is 42.1 Å². The van der Waals surface area contributed by atoms with Crippen molar-refractivity contribution in [3.8, 4) is 5.75 Å². The van der Waals surface area contributed by atoms with Gasteiger partial charge < -0.3 is 34.8 Å². The number of rotatable bonds is 14. The van der Waals surface area contributed by atoms with Gasteiger partial charge in [0.25, 0.3) is 0 Å². The van der Waals surface area contributed by atoms with E-state index in [1.165, 1.54) is 24.3 Å². The fourth-order valence-corrected chi connectivity index (χ4v) is 4.69. The van der Waals surface area contributed by atoms with Crippen LogP contribution in [0.25, 0.3) is 0 Å². The number of carbonyl (C=O) groups excluding carboxylic acids is 3. The molecule has 0 amide bonds. The average molecular weight is 558 g/mol. The van der Waals surface area contributed by atoms with Crippen LogP contribution in [0.15, 0.2) is 53.3 Å². The van der Waals surface area contributed by atoms with Gasteiger partial charge in [0.15, 0.2) is 12.3 Å². The molecule has 1 unspecified atom stereocenters. The lowest BCUT2D eigenvalue weighted by Gasteiger charge is -2.24. The molecule has 1 saturated carbocycles. The Morgan fingerprint density at radius 1 is 0.925 bits per heavy atom. The quantitative estimate of drug-likeness (QED) is 0.0645. The molecule has 1 fully saturated rings. The number of aromatic hydroxyl groups is 1. The van der Waals surface area contributed by atoms with Crippen LogP contribution in [0.1, 0.15) is 25.3 Å². The second-order valence-corrected chi connectivity index (χ2v) is 9.14. The molecule has 11 nitrogen and oxygen atoms in total. The maximum Gasteiger partial charge on any atom is 0.234 e. The van der Waals surface area contributed by atoms with Crippen LogP contribution >= 0.6 is 0 Å². The second kappa shape index (κ2) is 14.7. The van der Waals surface area contributed by atoms with Crippen LogP contribution in [0.3, 0.4) is 0 Å². The lowest BCUT2D eigenvalue weighted by molar-refractivity contribution is -0.525. The first kappa shape index (κ1) is 30.9. The van der Waals surface area contributed by atoms with E-state index in [9.17, 15) is 24.6 Å². The normalized spacial score (nSPS) is 20.4. The Balaban J connectivity index is 1.86. The second-order valence-electron chi connectivity index (χ2n) is 9.14. The van der Waals surface area contributed by atoms with E-state index in [4.69, 9.17) is 19.7 Å². The maximum absolute atomic E-state index is 13.4. The molecular formula is C29H37N2O9+. The number of hydrogen-bond acceptors (Lipinski definition) is 10. The number of benzene rings is 1. The maximum atomic E-state index is 13.4. The number of phenols is 1. The van der Waals surface area contributed by atoms with Crippen molar-refractivity contribution in [2.45, 2.75) is 19.8 Å². The molecule has 2 aliphatic carbocycles. The summed E-state index contributed by atoms with van der Waals surface area (Å²) in [7, 11) is 0. The van der Waals surface area contributed by atoms with Gasteiger partial charge in [-0.15, -0.1) is 0 Å². The van der Waals surface area contributed by atoms with E-state index in [0.717, 1.165) is 0 Å². The van der Waals surface area contributed by atoms with E-state index in [-0.39, 0.29) is 49.1 Å². The third-order valence-electron chi connectivity index (χ3n) is 6.77. The first-order valence-electron chi connectivity index (χ1n) is 13.3. The molecule has 0 aliphatic heterocycles. The number of phenolic OH excluding ortho intramolecular Hbond substituents is 1. The first-order chi connectivity index (χ1) is 19.3. The average Bonchev–Trinajstić information content (AvgIpc) is 3.16. The van der Waals surface area contributed by atoms with E-state index in [0.29, 0.717) is 50.8 Å². The summed E-state index contributed by atoms with van der Waals surface area (Å²) >= 11 is 0. The number of allylic oxidation sites excluding steroid dienone is 4. The van der Waals surface area contributed by atoms with Crippen LogP contribution in [-0.2, 0) is 23.9 Å². The Kier molecular flexibility index (Phi) is 11.3. The molecule has 0 radical (unpaired) electrons. The number of anilines is 1. The molecule has 40 heavy (non-hydrogen) atoms. The van der Waals surface area contributed by atoms with E-state index < -0.39 is 28.8 Å². The van der Waals surface area contributed by atoms with Gasteiger partial charge in [-0.1, -0.05) is 6.07 Å². The van der Waals surface area contributed by atoms with Gasteiger partial charge in [0.05, 0.1) is 44.7 Å². The Morgan fingerprint density at radius 3 is 2.23 bits per heavy atom. The van der Waals surface area contributed by atoms with Crippen molar-refractivity contribution >= 4 is 28.7 Å². The molecule has 0 saturated heterocycles. The van der Waals surface area contributed by atoms with Crippen LogP contribution in [0, 0.1) is 0 Å². The van der Waals surface area contributed by atoms with Crippen molar-refractivity contribution in [2.75, 3.05) is 70.7 Å². The summed E-state index contributed by atoms with van der Waals surface area (Å²) in [6, 6.07) is 4.55. The number of aliphatic hydroxyl groups excluding tert-OH is 3. The number of likely N-dealkylation sites (N-methyl/N-ethyl adjacent to an activating group) is 2. The SMILES string of the molecule is CCN(CCOCCO)c1ccc(C2C(=O)C(=O)/C(=C3/C=CC(=[N+](CC)CCOCCO)C=C3O)C2=O)c(O)c1. The standard InChI is InChI=1S/C29H36N2O9/c1-3-30(9-13-39-15-11-32)19-5-7-21(23(34)17-19)25-27(36)26(29(38)28(25)37)22-8-6-20(18-24(22)35)31(4-2)10-14-40-16-12-33/h5-8,17-18,25,32-34H,3-4,9-16H2,1-2H3/p+1/b26-22-. The molecule has 3 rings (SSSR count). The van der Waals surface area contributed by atoms with E-state index >= 15 is 0 Å². The van der Waals surface area contributed by atoms with Gasteiger partial charge in [-0.25, -0.2) is 4.58 Å². The van der Waals surface area contributed by atoms with Crippen molar-refractivity contribution in [1.82, 2.24) is 0 Å². The van der Waals surface area contributed by atoms with E-state index in [2.05, 4.69) is 0 Å². The summed E-state index contributed by atoms with van der Waals surface area (Å²) in [6.07, 6.45) is 4.50. The highest BCUT2D eigenvalue weighted by Crippen LogP contribution is 2.38. The lowest BCUT2D eigenvalue weighted by atomic mass is 9.92. The zero-order valence-electron chi connectivity index (χ0n) is 22.8. The van der Waals surface area contributed by atoms with Crippen molar-refractivity contribution in [3.63, 3.8) is 0 Å². The third kappa shape index (κ3) is 6.92. The van der Waals surface area contributed by atoms with Crippen LogP contribution in [0.2, 0.25) is 0 Å². The summed E-state index contributed by atoms with van der Waals surface area (Å²) < 4.78 is 12.5. The van der Waals surface area contributed by atoms with E-state index in [1.54, 1.807) is 12.1 Å². The molecule has 0 heterocycles. The minimum atomic E-state index is -1.51. The summed E-state index contributed by atoms with van der Waals surface area (Å²) in [5, 5.41) is 39.2. The molecule has 0 bridgehead atoms. The molecule has 216 valence electrons. The molecule has 1 aromatic carbocycles. The van der Waals surface area contributed by atoms with Crippen LogP contribution in [0.5, 0.6) is 5.75 Å². The number of ketones is 3. The minimum absolute atomic E-state index is 0.0193. The number of carbonyl (C=O) groups is 3. The molecular weight excluding hydrogens is 520 g/mol. The Morgan fingerprint density at radius 2 is 1.62 bits per heavy atom. The largest absolute Gasteiger partial charge is 0.508 e. The summed E-state index contributed by atoms with van der Waals surface area (Å²) in [5.74, 6) is -4.88. The fraction of sp³-hybridized carbons (Fsp3) is 0.448. The summed E-state index contributed by atoms with van der Waals surface area (Å²) in [5.41, 5.74) is 0.839. The van der Waals surface area contributed by atoms with Gasteiger partial charge in [-0.05, 0) is 26.0 Å². The van der Waals surface area contributed by atoms with Crippen LogP contribution in [0.4, 0.5) is 5.69 Å². The number of nitrogens with zero attached hydrogens (tertiary/aromatic N) is 2. The lowest BCUT2D eigenvalue weighted by Crippen LogP contribution is -2.27. The monoisotopic (exact) mass is 557 g/mol. The molecule has 11 heteroatoms. The molecule has 1 aromatic rings. The Bertz CT molecular complexity index is 1250. The summed E-state index contributed by atoms with van der Waals surface area (Å²) in [4.78, 5) is 41.2. The van der Waals surface area contributed by atoms with Crippen molar-refractivity contribution < 1.29 is 48.9 Å². The smallest absolute Gasteiger partial charge is 0.234 e. The van der Waals surface area contributed by atoms with Gasteiger partial charge in [0.2, 0.25) is 17.3 Å². The van der Waals surface area contributed by atoms with Crippen molar-refractivity contribution in [1.29, 1.82) is 0 Å². The highest BCUT2D eigenvalue weighted by Gasteiger charge is 2.48. The zero-order valence-corrected chi connectivity index (χ0v) is 22.8. The third-order valence-corrected chi connectivity index (χ3v) is 6.77. The highest BCUT2D eigenvalue weighted by molar-refractivity contribution is 6.61. The zero-order chi connectivity index (χ0) is 29.2. The number of aliphatic hydroxyl groups is 3. The Hall–Kier alpha value is -3.64. The highest BCUT2D eigenvalue weighted by atomic mass is 16.5. The van der Waals surface area contributed by atoms with Gasteiger partial charge in [-0.2, -0.15) is 0 Å². The van der Waals surface area contributed by atoms with Crippen molar-refractivity contribution in [3.05, 3.63) is 58.9 Å². The fourth-order valence-electron chi connectivity index (χ4n) is 4.69. The predicted molar refractivity (Wildman–Crippen MR) is 147 cm³/mol. The number of hydrogen-bond donors (Lipinski definition) is 4. The van der Waals surface area contributed by atoms with Gasteiger partial charge in [-0.3, -0.25) is 14.4 Å². The van der Waals surface area contributed by atoms with Crippen LogP contribution in [-0.4, -0.2) is 114 Å². The molecule has 2 aliphatic rings. The first-order valence-corrected chi connectivity index (χ1v) is 13.3. The number of ether oxygens (including phenoxy) is 2. The molecule has 0 aromatic heterocycles. The molecule has 1 atom stereocenters. The topological polar surface area (TPSA) is 157 Å². The molecule has 0 spiro atoms. The van der Waals surface area contributed by atoms with Gasteiger partial charge >= 0.3 is 0 Å². The summed E-state index contributed by atoms with van der Waals surface area (Å²) in [6.45, 7) is 7.01. The van der Waals surface area contributed by atoms with Crippen molar-refractivity contribution in [2.24, 2.45) is 0 Å². The van der Waals surface area contributed by atoms with Gasteiger partial charge in [0.1, 0.15) is 30.6 Å². The number of Topliss-reactive ketones (excluding diaryl/α,β-unsaturated/α-hetero) is 3. The van der Waals surface area contributed by atoms with E-state index in [1.807, 2.05) is 23.3 Å². The van der Waals surface area contributed by atoms with Crippen LogP contribution < -0.4 is 4.90 Å². The Labute approximate surface area is 232 Å². The predicted octanol–water partition coefficient (Wildman–Crippen LogP) is 0.823.